The van der Waals surface area contributed by atoms with Gasteiger partial charge >= 0.3 is 0 Å². The number of benzene rings is 7. The summed E-state index contributed by atoms with van der Waals surface area (Å²) < 4.78 is 7.18. The predicted molar refractivity (Wildman–Crippen MR) is 243 cm³/mol. The van der Waals surface area contributed by atoms with Crippen molar-refractivity contribution >= 4 is 97.5 Å². The molecule has 0 atom stereocenters. The summed E-state index contributed by atoms with van der Waals surface area (Å²) in [6, 6.07) is 63.8. The van der Waals surface area contributed by atoms with Gasteiger partial charge in [-0.15, -0.1) is 0 Å². The van der Waals surface area contributed by atoms with E-state index in [0.29, 0.717) is 5.88 Å². The van der Waals surface area contributed by atoms with Crippen LogP contribution in [0.15, 0.2) is 176 Å². The van der Waals surface area contributed by atoms with Crippen molar-refractivity contribution in [1.82, 2.24) is 4.98 Å². The van der Waals surface area contributed by atoms with Crippen molar-refractivity contribution in [2.45, 2.75) is 26.2 Å². The van der Waals surface area contributed by atoms with Gasteiger partial charge in [0.15, 0.2) is 0 Å². The Morgan fingerprint density at radius 1 is 0.431 bits per heavy atom. The number of fused-ring (bicyclic) bond motifs is 8. The van der Waals surface area contributed by atoms with Gasteiger partial charge in [0.05, 0.1) is 0 Å². The minimum atomic E-state index is -0.110. The number of nitrogens with zero attached hydrogens (tertiary/aromatic N) is 4. The Balaban J connectivity index is 1.15. The molecule has 0 spiro atoms. The first kappa shape index (κ1) is 33.2. The molecule has 7 heteroatoms. The second kappa shape index (κ2) is 12.3. The van der Waals surface area contributed by atoms with Crippen molar-refractivity contribution in [3.8, 4) is 11.6 Å². The van der Waals surface area contributed by atoms with E-state index in [4.69, 9.17) is 9.72 Å². The lowest BCUT2D eigenvalue weighted by Gasteiger charge is -2.44. The fourth-order valence-electron chi connectivity index (χ4n) is 9.88. The standard InChI is InChI=1S/C51H38B2N4O/c1-51(2,3)33-30-45-48-46(31-33)58-50-40(53(48)38-25-14-16-27-42(38)56(45)35-20-9-5-10-21-35)32-39-49(54-50)57(36-22-11-6-12-23-36)44-29-17-28-43-47(44)52(39)37-24-13-15-26-41(37)55(43)34-18-7-4-8-19-34/h4-32H,1-3H3. The molecule has 8 aromatic rings. The van der Waals surface area contributed by atoms with E-state index in [0.717, 1.165) is 45.5 Å². The molecule has 0 fully saturated rings. The van der Waals surface area contributed by atoms with Gasteiger partial charge in [-0.05, 0) is 117 Å². The number of hydrogen-bond acceptors (Lipinski definition) is 5. The Hall–Kier alpha value is -6.98. The van der Waals surface area contributed by atoms with Crippen molar-refractivity contribution in [2.24, 2.45) is 0 Å². The fraction of sp³-hybridized carbons (Fsp3) is 0.0784. The maximum absolute atomic E-state index is 7.18. The van der Waals surface area contributed by atoms with Gasteiger partial charge in [0.2, 0.25) is 5.88 Å². The first-order valence-electron chi connectivity index (χ1n) is 20.2. The molecule has 0 amide bonds. The van der Waals surface area contributed by atoms with Crippen molar-refractivity contribution in [2.75, 3.05) is 14.7 Å². The highest BCUT2D eigenvalue weighted by Gasteiger charge is 2.48. The first-order valence-corrected chi connectivity index (χ1v) is 20.2. The molecule has 0 radical (unpaired) electrons. The van der Waals surface area contributed by atoms with Gasteiger partial charge in [-0.25, -0.2) is 0 Å². The summed E-state index contributed by atoms with van der Waals surface area (Å²) in [5.41, 5.74) is 17.5. The van der Waals surface area contributed by atoms with Crippen LogP contribution < -0.4 is 52.2 Å². The largest absolute Gasteiger partial charge is 0.440 e. The number of pyridine rings is 1. The average molecular weight is 745 g/mol. The maximum Gasteiger partial charge on any atom is 0.258 e. The molecule has 0 N–H and O–H groups in total. The number of rotatable bonds is 3. The quantitative estimate of drug-likeness (QED) is 0.169. The Kier molecular flexibility index (Phi) is 7.01. The van der Waals surface area contributed by atoms with Gasteiger partial charge in [-0.3, -0.25) is 4.90 Å². The van der Waals surface area contributed by atoms with Gasteiger partial charge in [0.1, 0.15) is 11.6 Å². The molecular weight excluding hydrogens is 706 g/mol. The zero-order chi connectivity index (χ0) is 38.7. The Labute approximate surface area is 340 Å². The zero-order valence-electron chi connectivity index (χ0n) is 32.6. The lowest BCUT2D eigenvalue weighted by Crippen LogP contribution is -2.64. The third kappa shape index (κ3) is 4.70. The van der Waals surface area contributed by atoms with Crippen LogP contribution in [-0.2, 0) is 5.41 Å². The number of ether oxygens (including phenoxy) is 1. The van der Waals surface area contributed by atoms with Gasteiger partial charge < -0.3 is 14.5 Å². The van der Waals surface area contributed by atoms with E-state index in [1.54, 1.807) is 0 Å². The smallest absolute Gasteiger partial charge is 0.258 e. The highest BCUT2D eigenvalue weighted by molar-refractivity contribution is 7.02. The van der Waals surface area contributed by atoms with Crippen LogP contribution in [0.4, 0.5) is 51.3 Å². The van der Waals surface area contributed by atoms with Crippen LogP contribution in [0.1, 0.15) is 26.3 Å². The van der Waals surface area contributed by atoms with Crippen LogP contribution in [-0.4, -0.2) is 18.4 Å². The van der Waals surface area contributed by atoms with E-state index < -0.39 is 0 Å². The highest BCUT2D eigenvalue weighted by atomic mass is 16.5. The third-order valence-corrected chi connectivity index (χ3v) is 12.4. The number of anilines is 9. The number of para-hydroxylation sites is 5. The lowest BCUT2D eigenvalue weighted by atomic mass is 9.31. The van der Waals surface area contributed by atoms with Crippen molar-refractivity contribution in [3.63, 3.8) is 0 Å². The summed E-state index contributed by atoms with van der Waals surface area (Å²) in [6.07, 6.45) is 0. The summed E-state index contributed by atoms with van der Waals surface area (Å²) in [5, 5.41) is 0. The molecule has 12 rings (SSSR count). The summed E-state index contributed by atoms with van der Waals surface area (Å²) >= 11 is 0. The van der Waals surface area contributed by atoms with E-state index >= 15 is 0 Å². The topological polar surface area (TPSA) is 31.8 Å². The Morgan fingerprint density at radius 3 is 1.50 bits per heavy atom. The van der Waals surface area contributed by atoms with E-state index in [2.05, 4.69) is 211 Å². The van der Waals surface area contributed by atoms with E-state index in [1.807, 2.05) is 0 Å². The first-order chi connectivity index (χ1) is 28.4. The molecule has 4 aliphatic rings. The van der Waals surface area contributed by atoms with Crippen molar-refractivity contribution in [1.29, 1.82) is 0 Å². The molecule has 0 bridgehead atoms. The summed E-state index contributed by atoms with van der Waals surface area (Å²) in [4.78, 5) is 12.9. The van der Waals surface area contributed by atoms with Gasteiger partial charge in [-0.1, -0.05) is 124 Å². The molecule has 0 saturated heterocycles. The van der Waals surface area contributed by atoms with Crippen molar-refractivity contribution in [3.05, 3.63) is 181 Å². The molecule has 274 valence electrons. The normalized spacial score (nSPS) is 14.1. The maximum atomic E-state index is 7.18. The Bertz CT molecular complexity index is 2950. The summed E-state index contributed by atoms with van der Waals surface area (Å²) in [6.45, 7) is 6.69. The molecule has 0 saturated carbocycles. The summed E-state index contributed by atoms with van der Waals surface area (Å²) in [5.74, 6) is 2.43. The van der Waals surface area contributed by atoms with Gasteiger partial charge in [0, 0.05) is 45.5 Å². The number of hydrogen-bond donors (Lipinski definition) is 0. The average Bonchev–Trinajstić information content (AvgIpc) is 3.26. The third-order valence-electron chi connectivity index (χ3n) is 12.4. The molecule has 0 aliphatic carbocycles. The molecule has 7 aromatic carbocycles. The molecule has 4 aliphatic heterocycles. The van der Waals surface area contributed by atoms with E-state index in [9.17, 15) is 0 Å². The van der Waals surface area contributed by atoms with Crippen LogP contribution in [0.5, 0.6) is 11.6 Å². The number of aromatic nitrogens is 1. The molecule has 5 heterocycles. The molecule has 58 heavy (non-hydrogen) atoms. The Morgan fingerprint density at radius 2 is 0.914 bits per heavy atom. The van der Waals surface area contributed by atoms with Crippen LogP contribution in [0.25, 0.3) is 0 Å². The lowest BCUT2D eigenvalue weighted by molar-refractivity contribution is 0.465. The molecule has 0 unspecified atom stereocenters. The summed E-state index contributed by atoms with van der Waals surface area (Å²) in [7, 11) is 0. The van der Waals surface area contributed by atoms with Gasteiger partial charge in [0.25, 0.3) is 13.4 Å². The fourth-order valence-corrected chi connectivity index (χ4v) is 9.88. The van der Waals surface area contributed by atoms with Crippen LogP contribution >= 0.6 is 0 Å². The second-order valence-corrected chi connectivity index (χ2v) is 16.8. The SMILES string of the molecule is CC(C)(C)c1cc2c3c(c1)N(c1ccccc1)c1ccccc1B3c1cc3c(nc1O2)N(c1ccccc1)c1cccc2c1B3c1ccccc1N2c1ccccc1. The van der Waals surface area contributed by atoms with Gasteiger partial charge in [-0.2, -0.15) is 4.98 Å². The monoisotopic (exact) mass is 744 g/mol. The molecule has 5 nitrogen and oxygen atoms in total. The molecular formula is C51H38B2N4O. The van der Waals surface area contributed by atoms with Crippen LogP contribution in [0, 0.1) is 0 Å². The van der Waals surface area contributed by atoms with E-state index in [1.165, 1.54) is 49.9 Å². The van der Waals surface area contributed by atoms with Crippen molar-refractivity contribution < 1.29 is 4.74 Å². The predicted octanol–water partition coefficient (Wildman–Crippen LogP) is 8.87. The second-order valence-electron chi connectivity index (χ2n) is 16.8. The molecule has 1 aromatic heterocycles. The minimum Gasteiger partial charge on any atom is -0.440 e. The van der Waals surface area contributed by atoms with Crippen LogP contribution in [0.3, 0.4) is 0 Å². The highest BCUT2D eigenvalue weighted by Crippen LogP contribution is 2.46. The van der Waals surface area contributed by atoms with Crippen LogP contribution in [0.2, 0.25) is 0 Å². The zero-order valence-corrected chi connectivity index (χ0v) is 32.6. The van der Waals surface area contributed by atoms with E-state index in [-0.39, 0.29) is 18.8 Å². The minimum absolute atomic E-state index is 0.0566.